The maximum absolute atomic E-state index is 3.39. The Labute approximate surface area is 117 Å². The Morgan fingerprint density at radius 3 is 2.50 bits per heavy atom. The van der Waals surface area contributed by atoms with E-state index < -0.39 is 0 Å². The molecule has 1 N–H and O–H groups in total. The van der Waals surface area contributed by atoms with Crippen molar-refractivity contribution in [2.24, 2.45) is 0 Å². The van der Waals surface area contributed by atoms with Crippen molar-refractivity contribution in [1.82, 2.24) is 10.2 Å². The molecule has 0 radical (unpaired) electrons. The molecular formula is C15H25ClN2. The van der Waals surface area contributed by atoms with Gasteiger partial charge in [-0.15, -0.1) is 12.4 Å². The van der Waals surface area contributed by atoms with Gasteiger partial charge in [-0.2, -0.15) is 0 Å². The molecule has 0 aliphatic carbocycles. The second-order valence-electron chi connectivity index (χ2n) is 5.19. The molecule has 1 aliphatic rings. The first-order valence-corrected chi connectivity index (χ1v) is 6.68. The Morgan fingerprint density at radius 2 is 1.94 bits per heavy atom. The van der Waals surface area contributed by atoms with E-state index in [0.717, 1.165) is 6.04 Å². The summed E-state index contributed by atoms with van der Waals surface area (Å²) in [6.45, 7) is 6.92. The van der Waals surface area contributed by atoms with Crippen molar-refractivity contribution in [3.05, 3.63) is 35.4 Å². The largest absolute Gasteiger partial charge is 0.317 e. The lowest BCUT2D eigenvalue weighted by Gasteiger charge is -2.36. The van der Waals surface area contributed by atoms with E-state index in [1.807, 2.05) is 0 Å². The third-order valence-corrected chi connectivity index (χ3v) is 4.01. The lowest BCUT2D eigenvalue weighted by Crippen LogP contribution is -2.42. The fraction of sp³-hybridized carbons (Fsp3) is 0.600. The van der Waals surface area contributed by atoms with E-state index in [1.54, 1.807) is 0 Å². The highest BCUT2D eigenvalue weighted by molar-refractivity contribution is 5.85. The first-order valence-electron chi connectivity index (χ1n) is 6.68. The molecule has 0 amide bonds. The normalized spacial score (nSPS) is 19.3. The molecule has 1 atom stereocenters. The SMILES string of the molecule is CNC1CCN(C(C)c2cccc(C)c2)CC1.Cl. The number of nitrogens with one attached hydrogen (secondary N) is 1. The van der Waals surface area contributed by atoms with Crippen molar-refractivity contribution in [2.45, 2.75) is 38.8 Å². The summed E-state index contributed by atoms with van der Waals surface area (Å²) < 4.78 is 0. The van der Waals surface area contributed by atoms with Crippen molar-refractivity contribution < 1.29 is 0 Å². The Hall–Kier alpha value is -0.570. The van der Waals surface area contributed by atoms with Crippen LogP contribution in [-0.4, -0.2) is 31.1 Å². The van der Waals surface area contributed by atoms with Crippen LogP contribution in [0.25, 0.3) is 0 Å². The van der Waals surface area contributed by atoms with Crippen LogP contribution in [0.3, 0.4) is 0 Å². The lowest BCUT2D eigenvalue weighted by molar-refractivity contribution is 0.155. The smallest absolute Gasteiger partial charge is 0.0319 e. The average molecular weight is 269 g/mol. The number of piperidine rings is 1. The zero-order valence-electron chi connectivity index (χ0n) is 11.6. The van der Waals surface area contributed by atoms with Crippen LogP contribution in [0, 0.1) is 6.92 Å². The molecule has 1 fully saturated rings. The van der Waals surface area contributed by atoms with Gasteiger partial charge in [0.1, 0.15) is 0 Å². The Bertz CT molecular complexity index is 359. The van der Waals surface area contributed by atoms with Gasteiger partial charge in [-0.05, 0) is 39.3 Å². The van der Waals surface area contributed by atoms with Crippen LogP contribution in [-0.2, 0) is 0 Å². The van der Waals surface area contributed by atoms with Gasteiger partial charge >= 0.3 is 0 Å². The zero-order chi connectivity index (χ0) is 12.3. The monoisotopic (exact) mass is 268 g/mol. The van der Waals surface area contributed by atoms with Gasteiger partial charge in [-0.3, -0.25) is 4.90 Å². The van der Waals surface area contributed by atoms with Gasteiger partial charge in [0.2, 0.25) is 0 Å². The van der Waals surface area contributed by atoms with Crippen LogP contribution in [0.1, 0.15) is 36.9 Å². The minimum Gasteiger partial charge on any atom is -0.317 e. The summed E-state index contributed by atoms with van der Waals surface area (Å²) in [5, 5.41) is 3.39. The summed E-state index contributed by atoms with van der Waals surface area (Å²) in [7, 11) is 2.07. The molecule has 2 nitrogen and oxygen atoms in total. The molecule has 0 spiro atoms. The molecule has 0 saturated carbocycles. The number of hydrogen-bond donors (Lipinski definition) is 1. The maximum atomic E-state index is 3.39. The molecule has 0 bridgehead atoms. The molecule has 102 valence electrons. The van der Waals surface area contributed by atoms with Crippen molar-refractivity contribution in [2.75, 3.05) is 20.1 Å². The van der Waals surface area contributed by atoms with E-state index in [-0.39, 0.29) is 12.4 Å². The Morgan fingerprint density at radius 1 is 1.28 bits per heavy atom. The highest BCUT2D eigenvalue weighted by Gasteiger charge is 2.22. The quantitative estimate of drug-likeness (QED) is 0.906. The minimum absolute atomic E-state index is 0. The number of hydrogen-bond acceptors (Lipinski definition) is 2. The summed E-state index contributed by atoms with van der Waals surface area (Å²) in [5.74, 6) is 0. The first-order chi connectivity index (χ1) is 8.20. The molecule has 1 aromatic carbocycles. The summed E-state index contributed by atoms with van der Waals surface area (Å²) in [5.41, 5.74) is 2.81. The minimum atomic E-state index is 0. The van der Waals surface area contributed by atoms with E-state index in [4.69, 9.17) is 0 Å². The molecule has 1 heterocycles. The van der Waals surface area contributed by atoms with Gasteiger partial charge in [-0.25, -0.2) is 0 Å². The average Bonchev–Trinajstić information content (AvgIpc) is 2.38. The number of aryl methyl sites for hydroxylation is 1. The van der Waals surface area contributed by atoms with Crippen LogP contribution < -0.4 is 5.32 Å². The fourth-order valence-corrected chi connectivity index (χ4v) is 2.72. The highest BCUT2D eigenvalue weighted by Crippen LogP contribution is 2.24. The second-order valence-corrected chi connectivity index (χ2v) is 5.19. The number of benzene rings is 1. The maximum Gasteiger partial charge on any atom is 0.0319 e. The van der Waals surface area contributed by atoms with E-state index in [2.05, 4.69) is 55.4 Å². The summed E-state index contributed by atoms with van der Waals surface area (Å²) in [6, 6.07) is 10.2. The van der Waals surface area contributed by atoms with Crippen LogP contribution >= 0.6 is 12.4 Å². The standard InChI is InChI=1S/C15H24N2.ClH/c1-12-5-4-6-14(11-12)13(2)17-9-7-15(16-3)8-10-17;/h4-6,11,13,15-16H,7-10H2,1-3H3;1H. The van der Waals surface area contributed by atoms with E-state index >= 15 is 0 Å². The van der Waals surface area contributed by atoms with Crippen LogP contribution in [0.2, 0.25) is 0 Å². The predicted molar refractivity (Wildman–Crippen MR) is 80.5 cm³/mol. The molecule has 1 aliphatic heterocycles. The predicted octanol–water partition coefficient (Wildman–Crippen LogP) is 3.16. The topological polar surface area (TPSA) is 15.3 Å². The molecule has 0 aromatic heterocycles. The fourth-order valence-electron chi connectivity index (χ4n) is 2.72. The molecule has 1 aromatic rings. The van der Waals surface area contributed by atoms with Gasteiger partial charge < -0.3 is 5.32 Å². The van der Waals surface area contributed by atoms with E-state index in [0.29, 0.717) is 6.04 Å². The molecule has 1 saturated heterocycles. The van der Waals surface area contributed by atoms with E-state index in [9.17, 15) is 0 Å². The van der Waals surface area contributed by atoms with Crippen LogP contribution in [0.5, 0.6) is 0 Å². The molecule has 1 unspecified atom stereocenters. The number of likely N-dealkylation sites (tertiary alicyclic amines) is 1. The Kier molecular flexibility index (Phi) is 6.13. The number of halogens is 1. The summed E-state index contributed by atoms with van der Waals surface area (Å²) in [6.07, 6.45) is 2.54. The van der Waals surface area contributed by atoms with Crippen molar-refractivity contribution in [3.8, 4) is 0 Å². The van der Waals surface area contributed by atoms with Crippen molar-refractivity contribution in [3.63, 3.8) is 0 Å². The van der Waals surface area contributed by atoms with Gasteiger partial charge in [0.05, 0.1) is 0 Å². The van der Waals surface area contributed by atoms with Gasteiger partial charge in [0.25, 0.3) is 0 Å². The van der Waals surface area contributed by atoms with E-state index in [1.165, 1.54) is 37.1 Å². The zero-order valence-corrected chi connectivity index (χ0v) is 12.5. The Balaban J connectivity index is 0.00000162. The molecule has 18 heavy (non-hydrogen) atoms. The van der Waals surface area contributed by atoms with Crippen molar-refractivity contribution >= 4 is 12.4 Å². The lowest BCUT2D eigenvalue weighted by atomic mass is 9.99. The van der Waals surface area contributed by atoms with Gasteiger partial charge in [0, 0.05) is 25.2 Å². The van der Waals surface area contributed by atoms with Crippen LogP contribution in [0.15, 0.2) is 24.3 Å². The third-order valence-electron chi connectivity index (χ3n) is 4.01. The van der Waals surface area contributed by atoms with Crippen LogP contribution in [0.4, 0.5) is 0 Å². The van der Waals surface area contributed by atoms with Gasteiger partial charge in [-0.1, -0.05) is 29.8 Å². The molecular weight excluding hydrogens is 244 g/mol. The number of rotatable bonds is 3. The summed E-state index contributed by atoms with van der Waals surface area (Å²) in [4.78, 5) is 2.60. The first kappa shape index (κ1) is 15.5. The third kappa shape index (κ3) is 3.71. The molecule has 3 heteroatoms. The summed E-state index contributed by atoms with van der Waals surface area (Å²) >= 11 is 0. The number of nitrogens with zero attached hydrogens (tertiary/aromatic N) is 1. The van der Waals surface area contributed by atoms with Crippen molar-refractivity contribution in [1.29, 1.82) is 0 Å². The second kappa shape index (κ2) is 7.13. The molecule has 2 rings (SSSR count). The highest BCUT2D eigenvalue weighted by atomic mass is 35.5. The van der Waals surface area contributed by atoms with Gasteiger partial charge in [0.15, 0.2) is 0 Å².